The van der Waals surface area contributed by atoms with Crippen LogP contribution in [-0.2, 0) is 10.0 Å². The van der Waals surface area contributed by atoms with Gasteiger partial charge in [-0.05, 0) is 52.5 Å². The SMILES string of the molecule is COc1ccc(S(=O)(=O)N2CCC(C)(CN)C2)c(Br)c1. The average Bonchev–Trinajstić information content (AvgIpc) is 2.82. The van der Waals surface area contributed by atoms with Crippen molar-refractivity contribution in [3.63, 3.8) is 0 Å². The molecule has 1 aromatic rings. The third-order valence-corrected chi connectivity index (χ3v) is 6.59. The van der Waals surface area contributed by atoms with Crippen LogP contribution in [0.25, 0.3) is 0 Å². The molecule has 112 valence electrons. The fourth-order valence-corrected chi connectivity index (χ4v) is 4.92. The quantitative estimate of drug-likeness (QED) is 0.886. The molecule has 2 N–H and O–H groups in total. The van der Waals surface area contributed by atoms with E-state index in [-0.39, 0.29) is 10.3 Å². The van der Waals surface area contributed by atoms with Crippen molar-refractivity contribution in [2.24, 2.45) is 11.1 Å². The zero-order chi connectivity index (χ0) is 15.0. The minimum atomic E-state index is -3.50. The number of nitrogens with two attached hydrogens (primary N) is 1. The predicted molar refractivity (Wildman–Crippen MR) is 81.2 cm³/mol. The van der Waals surface area contributed by atoms with E-state index in [1.807, 2.05) is 6.92 Å². The van der Waals surface area contributed by atoms with Crippen molar-refractivity contribution < 1.29 is 13.2 Å². The third kappa shape index (κ3) is 2.86. The van der Waals surface area contributed by atoms with Gasteiger partial charge in [0.15, 0.2) is 0 Å². The summed E-state index contributed by atoms with van der Waals surface area (Å²) in [6, 6.07) is 4.87. The number of rotatable bonds is 4. The number of ether oxygens (including phenoxy) is 1. The van der Waals surface area contributed by atoms with Gasteiger partial charge in [0.1, 0.15) is 5.75 Å². The highest BCUT2D eigenvalue weighted by molar-refractivity contribution is 9.10. The van der Waals surface area contributed by atoms with Crippen LogP contribution in [-0.4, -0.2) is 39.5 Å². The summed E-state index contributed by atoms with van der Waals surface area (Å²) in [4.78, 5) is 0.263. The second kappa shape index (κ2) is 5.63. The largest absolute Gasteiger partial charge is 0.497 e. The highest BCUT2D eigenvalue weighted by atomic mass is 79.9. The summed E-state index contributed by atoms with van der Waals surface area (Å²) in [5.41, 5.74) is 5.60. The van der Waals surface area contributed by atoms with Crippen molar-refractivity contribution >= 4 is 26.0 Å². The van der Waals surface area contributed by atoms with Crippen LogP contribution in [0.2, 0.25) is 0 Å². The summed E-state index contributed by atoms with van der Waals surface area (Å²) in [7, 11) is -1.96. The van der Waals surface area contributed by atoms with E-state index in [4.69, 9.17) is 10.5 Å². The summed E-state index contributed by atoms with van der Waals surface area (Å²) in [5.74, 6) is 0.615. The molecular formula is C13H19BrN2O3S. The van der Waals surface area contributed by atoms with Gasteiger partial charge in [0.05, 0.1) is 12.0 Å². The van der Waals surface area contributed by atoms with Crippen molar-refractivity contribution in [1.29, 1.82) is 0 Å². The van der Waals surface area contributed by atoms with Gasteiger partial charge in [-0.15, -0.1) is 0 Å². The molecular weight excluding hydrogens is 344 g/mol. The number of hydrogen-bond donors (Lipinski definition) is 1. The summed E-state index contributed by atoms with van der Waals surface area (Å²) >= 11 is 3.31. The van der Waals surface area contributed by atoms with Gasteiger partial charge in [0.2, 0.25) is 10.0 Å². The van der Waals surface area contributed by atoms with Crippen molar-refractivity contribution in [3.8, 4) is 5.75 Å². The molecule has 1 aromatic carbocycles. The Labute approximate surface area is 128 Å². The Morgan fingerprint density at radius 2 is 2.20 bits per heavy atom. The lowest BCUT2D eigenvalue weighted by Gasteiger charge is -2.22. The average molecular weight is 363 g/mol. The highest BCUT2D eigenvalue weighted by Crippen LogP contribution is 2.35. The second-order valence-electron chi connectivity index (χ2n) is 5.40. The lowest BCUT2D eigenvalue weighted by Crippen LogP contribution is -2.34. The van der Waals surface area contributed by atoms with E-state index < -0.39 is 10.0 Å². The van der Waals surface area contributed by atoms with E-state index in [1.54, 1.807) is 25.3 Å². The van der Waals surface area contributed by atoms with Gasteiger partial charge in [-0.3, -0.25) is 0 Å². The van der Waals surface area contributed by atoms with Crippen LogP contribution in [0.15, 0.2) is 27.6 Å². The summed E-state index contributed by atoms with van der Waals surface area (Å²) in [6.07, 6.45) is 0.788. The molecule has 5 nitrogen and oxygen atoms in total. The standard InChI is InChI=1S/C13H19BrN2O3S/c1-13(8-15)5-6-16(9-13)20(17,18)12-4-3-10(19-2)7-11(12)14/h3-4,7H,5-6,8-9,15H2,1-2H3. The van der Waals surface area contributed by atoms with Crippen LogP contribution in [0.5, 0.6) is 5.75 Å². The molecule has 0 spiro atoms. The van der Waals surface area contributed by atoms with Gasteiger partial charge in [-0.2, -0.15) is 4.31 Å². The zero-order valence-electron chi connectivity index (χ0n) is 11.6. The molecule has 20 heavy (non-hydrogen) atoms. The van der Waals surface area contributed by atoms with Gasteiger partial charge in [0.25, 0.3) is 0 Å². The molecule has 1 fully saturated rings. The molecule has 1 unspecified atom stereocenters. The Kier molecular flexibility index (Phi) is 4.44. The maximum absolute atomic E-state index is 12.7. The number of hydrogen-bond acceptors (Lipinski definition) is 4. The van der Waals surface area contributed by atoms with E-state index in [9.17, 15) is 8.42 Å². The van der Waals surface area contributed by atoms with E-state index in [0.717, 1.165) is 6.42 Å². The molecule has 0 saturated carbocycles. The van der Waals surface area contributed by atoms with Crippen molar-refractivity contribution in [1.82, 2.24) is 4.31 Å². The summed E-state index contributed by atoms with van der Waals surface area (Å²) in [5, 5.41) is 0. The topological polar surface area (TPSA) is 72.6 Å². The normalized spacial score (nSPS) is 24.0. The summed E-state index contributed by atoms with van der Waals surface area (Å²) in [6.45, 7) is 3.48. The first kappa shape index (κ1) is 15.8. The monoisotopic (exact) mass is 362 g/mol. The van der Waals surface area contributed by atoms with E-state index in [1.165, 1.54) is 4.31 Å². The molecule has 2 rings (SSSR count). The smallest absolute Gasteiger partial charge is 0.244 e. The lowest BCUT2D eigenvalue weighted by atomic mass is 9.90. The van der Waals surface area contributed by atoms with Gasteiger partial charge < -0.3 is 10.5 Å². The van der Waals surface area contributed by atoms with Gasteiger partial charge in [-0.1, -0.05) is 6.92 Å². The van der Waals surface area contributed by atoms with Crippen molar-refractivity contribution in [2.75, 3.05) is 26.7 Å². The van der Waals surface area contributed by atoms with Crippen LogP contribution in [0.3, 0.4) is 0 Å². The van der Waals surface area contributed by atoms with Gasteiger partial charge in [0, 0.05) is 17.6 Å². The lowest BCUT2D eigenvalue weighted by molar-refractivity contribution is 0.349. The van der Waals surface area contributed by atoms with Crippen molar-refractivity contribution in [2.45, 2.75) is 18.2 Å². The van der Waals surface area contributed by atoms with Crippen LogP contribution in [0.1, 0.15) is 13.3 Å². The number of nitrogens with zero attached hydrogens (tertiary/aromatic N) is 1. The van der Waals surface area contributed by atoms with E-state index in [0.29, 0.717) is 29.9 Å². The molecule has 1 aliphatic heterocycles. The molecule has 0 radical (unpaired) electrons. The first-order chi connectivity index (χ1) is 9.32. The number of benzene rings is 1. The molecule has 1 heterocycles. The predicted octanol–water partition coefficient (Wildman–Crippen LogP) is 1.82. The molecule has 7 heteroatoms. The molecule has 0 aromatic heterocycles. The minimum absolute atomic E-state index is 0.133. The Morgan fingerprint density at radius 3 is 2.70 bits per heavy atom. The first-order valence-corrected chi connectivity index (χ1v) is 8.59. The molecule has 1 atom stereocenters. The number of sulfonamides is 1. The Hall–Kier alpha value is -0.630. The van der Waals surface area contributed by atoms with E-state index in [2.05, 4.69) is 15.9 Å². The zero-order valence-corrected chi connectivity index (χ0v) is 14.0. The van der Waals surface area contributed by atoms with Crippen molar-refractivity contribution in [3.05, 3.63) is 22.7 Å². The number of methoxy groups -OCH3 is 1. The Morgan fingerprint density at radius 1 is 1.50 bits per heavy atom. The Balaban J connectivity index is 2.32. The highest BCUT2D eigenvalue weighted by Gasteiger charge is 2.39. The molecule has 1 aliphatic rings. The summed E-state index contributed by atoms with van der Waals surface area (Å²) < 4.78 is 32.4. The molecule has 1 saturated heterocycles. The number of halogens is 1. The van der Waals surface area contributed by atoms with Crippen LogP contribution >= 0.6 is 15.9 Å². The Bertz CT molecular complexity index is 606. The van der Waals surface area contributed by atoms with E-state index >= 15 is 0 Å². The first-order valence-electron chi connectivity index (χ1n) is 6.36. The third-order valence-electron chi connectivity index (χ3n) is 3.77. The van der Waals surface area contributed by atoms with Gasteiger partial charge in [-0.25, -0.2) is 8.42 Å². The molecule has 0 amide bonds. The minimum Gasteiger partial charge on any atom is -0.497 e. The fraction of sp³-hybridized carbons (Fsp3) is 0.538. The van der Waals surface area contributed by atoms with Crippen LogP contribution in [0, 0.1) is 5.41 Å². The fourth-order valence-electron chi connectivity index (χ4n) is 2.31. The van der Waals surface area contributed by atoms with Gasteiger partial charge >= 0.3 is 0 Å². The molecule has 0 aliphatic carbocycles. The molecule has 0 bridgehead atoms. The van der Waals surface area contributed by atoms with Crippen LogP contribution in [0.4, 0.5) is 0 Å². The van der Waals surface area contributed by atoms with Crippen LogP contribution < -0.4 is 10.5 Å². The second-order valence-corrected chi connectivity index (χ2v) is 8.16. The maximum atomic E-state index is 12.7. The maximum Gasteiger partial charge on any atom is 0.244 e.